The zero-order valence-electron chi connectivity index (χ0n) is 13.7. The first-order chi connectivity index (χ1) is 11.4. The molecule has 0 unspecified atom stereocenters. The van der Waals surface area contributed by atoms with Crippen molar-refractivity contribution in [2.24, 2.45) is 0 Å². The number of nitro groups is 1. The van der Waals surface area contributed by atoms with E-state index in [1.54, 1.807) is 6.92 Å². The fraction of sp³-hybridized carbons (Fsp3) is 0.471. The zero-order chi connectivity index (χ0) is 17.9. The SMILES string of the molecule is CCCC(=O)C1(c2ccc(OC)c([N+](=O)[O-])c2)C(=O)CCCC1=O. The molecule has 0 spiro atoms. The van der Waals surface area contributed by atoms with Crippen molar-refractivity contribution in [2.45, 2.75) is 44.4 Å². The smallest absolute Gasteiger partial charge is 0.311 e. The van der Waals surface area contributed by atoms with Crippen molar-refractivity contribution >= 4 is 23.0 Å². The summed E-state index contributed by atoms with van der Waals surface area (Å²) in [6.45, 7) is 1.78. The molecule has 0 aromatic heterocycles. The Hall–Kier alpha value is -2.57. The molecule has 0 amide bonds. The molecule has 0 aliphatic heterocycles. The number of nitrogens with zero attached hydrogens (tertiary/aromatic N) is 1. The van der Waals surface area contributed by atoms with Crippen molar-refractivity contribution < 1.29 is 24.0 Å². The van der Waals surface area contributed by atoms with Crippen molar-refractivity contribution in [3.8, 4) is 5.75 Å². The van der Waals surface area contributed by atoms with Gasteiger partial charge >= 0.3 is 5.69 Å². The molecule has 7 heteroatoms. The maximum Gasteiger partial charge on any atom is 0.311 e. The number of ether oxygens (including phenoxy) is 1. The van der Waals surface area contributed by atoms with Crippen LogP contribution in [0, 0.1) is 10.1 Å². The Balaban J connectivity index is 2.71. The van der Waals surface area contributed by atoms with Gasteiger partial charge in [0.25, 0.3) is 0 Å². The van der Waals surface area contributed by atoms with Gasteiger partial charge in [0.2, 0.25) is 0 Å². The molecule has 0 atom stereocenters. The number of hydrogen-bond donors (Lipinski definition) is 0. The molecule has 0 bridgehead atoms. The Kier molecular flexibility index (Phi) is 5.11. The number of carbonyl (C=O) groups is 3. The van der Waals surface area contributed by atoms with Gasteiger partial charge in [-0.05, 0) is 24.5 Å². The maximum atomic E-state index is 12.7. The van der Waals surface area contributed by atoms with Gasteiger partial charge in [-0.1, -0.05) is 13.0 Å². The molecule has 1 aromatic rings. The lowest BCUT2D eigenvalue weighted by Gasteiger charge is -2.33. The van der Waals surface area contributed by atoms with E-state index in [2.05, 4.69) is 0 Å². The van der Waals surface area contributed by atoms with Crippen molar-refractivity contribution in [2.75, 3.05) is 7.11 Å². The summed E-state index contributed by atoms with van der Waals surface area (Å²) >= 11 is 0. The van der Waals surface area contributed by atoms with Crippen molar-refractivity contribution in [1.29, 1.82) is 0 Å². The van der Waals surface area contributed by atoms with E-state index in [-0.39, 0.29) is 36.3 Å². The lowest BCUT2D eigenvalue weighted by atomic mass is 9.64. The van der Waals surface area contributed by atoms with Crippen LogP contribution in [-0.4, -0.2) is 29.4 Å². The summed E-state index contributed by atoms with van der Waals surface area (Å²) in [7, 11) is 1.29. The van der Waals surface area contributed by atoms with Crippen LogP contribution >= 0.6 is 0 Å². The highest BCUT2D eigenvalue weighted by Crippen LogP contribution is 2.40. The molecule has 2 rings (SSSR count). The maximum absolute atomic E-state index is 12.7. The topological polar surface area (TPSA) is 104 Å². The van der Waals surface area contributed by atoms with E-state index in [9.17, 15) is 24.5 Å². The van der Waals surface area contributed by atoms with Crippen LogP contribution in [0.15, 0.2) is 18.2 Å². The van der Waals surface area contributed by atoms with E-state index in [4.69, 9.17) is 4.74 Å². The van der Waals surface area contributed by atoms with Crippen LogP contribution in [0.2, 0.25) is 0 Å². The molecule has 0 radical (unpaired) electrons. The van der Waals surface area contributed by atoms with E-state index in [0.717, 1.165) is 6.07 Å². The molecule has 128 valence electrons. The van der Waals surface area contributed by atoms with Gasteiger partial charge in [0.05, 0.1) is 12.0 Å². The van der Waals surface area contributed by atoms with Crippen LogP contribution < -0.4 is 4.74 Å². The van der Waals surface area contributed by atoms with Crippen LogP contribution in [-0.2, 0) is 19.8 Å². The minimum Gasteiger partial charge on any atom is -0.490 e. The van der Waals surface area contributed by atoms with Gasteiger partial charge in [0.1, 0.15) is 0 Å². The second kappa shape index (κ2) is 6.90. The molecule has 1 fully saturated rings. The van der Waals surface area contributed by atoms with Gasteiger partial charge in [-0.2, -0.15) is 0 Å². The van der Waals surface area contributed by atoms with E-state index in [0.29, 0.717) is 12.8 Å². The number of hydrogen-bond acceptors (Lipinski definition) is 6. The summed E-state index contributed by atoms with van der Waals surface area (Å²) in [5.74, 6) is -1.43. The quantitative estimate of drug-likeness (QED) is 0.450. The number of rotatable bonds is 6. The molecule has 24 heavy (non-hydrogen) atoms. The molecule has 1 saturated carbocycles. The summed E-state index contributed by atoms with van der Waals surface area (Å²) < 4.78 is 4.95. The number of carbonyl (C=O) groups excluding carboxylic acids is 3. The molecule has 0 N–H and O–H groups in total. The zero-order valence-corrected chi connectivity index (χ0v) is 13.7. The van der Waals surface area contributed by atoms with E-state index >= 15 is 0 Å². The van der Waals surface area contributed by atoms with E-state index in [1.165, 1.54) is 19.2 Å². The molecule has 7 nitrogen and oxygen atoms in total. The lowest BCUT2D eigenvalue weighted by molar-refractivity contribution is -0.385. The van der Waals surface area contributed by atoms with Gasteiger partial charge in [0, 0.05) is 25.3 Å². The van der Waals surface area contributed by atoms with Crippen LogP contribution in [0.25, 0.3) is 0 Å². The molecule has 1 aromatic carbocycles. The average molecular weight is 333 g/mol. The number of Topliss-reactive ketones (excluding diaryl/α,β-unsaturated/α-hetero) is 3. The Bertz CT molecular complexity index is 693. The summed E-state index contributed by atoms with van der Waals surface area (Å²) in [6.07, 6.45) is 1.18. The summed E-state index contributed by atoms with van der Waals surface area (Å²) in [6, 6.07) is 3.84. The van der Waals surface area contributed by atoms with Crippen molar-refractivity contribution in [3.63, 3.8) is 0 Å². The highest BCUT2D eigenvalue weighted by atomic mass is 16.6. The molecular formula is C17H19NO6. The number of ketones is 3. The number of methoxy groups -OCH3 is 1. The standard InChI is InChI=1S/C17H19NO6/c1-3-5-14(19)17(15(20)6-4-7-16(17)21)11-8-9-13(24-2)12(10-11)18(22)23/h8-10H,3-7H2,1-2H3. The van der Waals surface area contributed by atoms with Gasteiger partial charge in [-0.3, -0.25) is 24.5 Å². The first-order valence-corrected chi connectivity index (χ1v) is 7.82. The summed E-state index contributed by atoms with van der Waals surface area (Å²) in [4.78, 5) is 48.6. The molecular weight excluding hydrogens is 314 g/mol. The van der Waals surface area contributed by atoms with Gasteiger partial charge in [-0.25, -0.2) is 0 Å². The second-order valence-corrected chi connectivity index (χ2v) is 5.77. The highest BCUT2D eigenvalue weighted by Gasteiger charge is 2.54. The van der Waals surface area contributed by atoms with Gasteiger partial charge < -0.3 is 4.74 Å². The Morgan fingerprint density at radius 2 is 1.92 bits per heavy atom. The predicted octanol–water partition coefficient (Wildman–Crippen LogP) is 2.53. The number of nitro benzene ring substituents is 1. The third kappa shape index (κ3) is 2.70. The van der Waals surface area contributed by atoms with Crippen LogP contribution in [0.1, 0.15) is 44.6 Å². The first kappa shape index (κ1) is 17.8. The van der Waals surface area contributed by atoms with E-state index < -0.39 is 27.7 Å². The highest BCUT2D eigenvalue weighted by molar-refractivity contribution is 6.30. The largest absolute Gasteiger partial charge is 0.490 e. The lowest BCUT2D eigenvalue weighted by Crippen LogP contribution is -2.52. The molecule has 1 aliphatic rings. The number of benzene rings is 1. The van der Waals surface area contributed by atoms with Gasteiger partial charge in [0.15, 0.2) is 28.5 Å². The third-order valence-corrected chi connectivity index (χ3v) is 4.35. The molecule has 0 heterocycles. The monoisotopic (exact) mass is 333 g/mol. The fourth-order valence-corrected chi connectivity index (χ4v) is 3.21. The second-order valence-electron chi connectivity index (χ2n) is 5.77. The Morgan fingerprint density at radius 1 is 1.29 bits per heavy atom. The average Bonchev–Trinajstić information content (AvgIpc) is 2.55. The summed E-state index contributed by atoms with van der Waals surface area (Å²) in [5, 5.41) is 11.2. The Morgan fingerprint density at radius 3 is 2.42 bits per heavy atom. The van der Waals surface area contributed by atoms with Crippen LogP contribution in [0.3, 0.4) is 0 Å². The Labute approximate surface area is 139 Å². The fourth-order valence-electron chi connectivity index (χ4n) is 3.21. The van der Waals surface area contributed by atoms with E-state index in [1.807, 2.05) is 0 Å². The minimum absolute atomic E-state index is 0.0116. The molecule has 1 aliphatic carbocycles. The van der Waals surface area contributed by atoms with Crippen molar-refractivity contribution in [3.05, 3.63) is 33.9 Å². The normalized spacial score (nSPS) is 16.8. The molecule has 0 saturated heterocycles. The van der Waals surface area contributed by atoms with Gasteiger partial charge in [-0.15, -0.1) is 0 Å². The van der Waals surface area contributed by atoms with Crippen LogP contribution in [0.5, 0.6) is 5.75 Å². The minimum atomic E-state index is -1.91. The van der Waals surface area contributed by atoms with Crippen LogP contribution in [0.4, 0.5) is 5.69 Å². The first-order valence-electron chi connectivity index (χ1n) is 7.82. The van der Waals surface area contributed by atoms with Crippen molar-refractivity contribution in [1.82, 2.24) is 0 Å². The predicted molar refractivity (Wildman–Crippen MR) is 85.1 cm³/mol. The third-order valence-electron chi connectivity index (χ3n) is 4.35. The summed E-state index contributed by atoms with van der Waals surface area (Å²) in [5.41, 5.74) is -2.21.